The highest BCUT2D eigenvalue weighted by molar-refractivity contribution is 7.89. The standard InChI is InChI=1S/C20H21N3O4S/c24-20(25)15-11-14-5-3-6-16(14)19(12-15)28(26,27)22-9-4-10-23-13-21-17-7-1-2-8-18(17)23/h1-2,7-8,11-13,22H,3-6,9-10H2,(H,24,25). The quantitative estimate of drug-likeness (QED) is 0.595. The van der Waals surface area contributed by atoms with Crippen LogP contribution in [0.25, 0.3) is 11.0 Å². The molecule has 1 aliphatic carbocycles. The minimum Gasteiger partial charge on any atom is -0.478 e. The number of sulfonamides is 1. The number of hydrogen-bond acceptors (Lipinski definition) is 4. The van der Waals surface area contributed by atoms with Gasteiger partial charge in [-0.15, -0.1) is 0 Å². The second kappa shape index (κ2) is 7.37. The summed E-state index contributed by atoms with van der Waals surface area (Å²) in [4.78, 5) is 15.8. The van der Waals surface area contributed by atoms with E-state index in [1.54, 1.807) is 12.4 Å². The fourth-order valence-corrected chi connectivity index (χ4v) is 5.16. The minimum absolute atomic E-state index is 0.0194. The van der Waals surface area contributed by atoms with Crippen molar-refractivity contribution >= 4 is 27.0 Å². The van der Waals surface area contributed by atoms with Crippen LogP contribution in [0.1, 0.15) is 34.3 Å². The lowest BCUT2D eigenvalue weighted by Gasteiger charge is -2.12. The van der Waals surface area contributed by atoms with Gasteiger partial charge in [0.05, 0.1) is 27.8 Å². The molecule has 0 spiro atoms. The third-order valence-corrected chi connectivity index (χ3v) is 6.63. The smallest absolute Gasteiger partial charge is 0.335 e. The first kappa shape index (κ1) is 18.6. The Bertz CT molecular complexity index is 1150. The van der Waals surface area contributed by atoms with Crippen molar-refractivity contribution < 1.29 is 18.3 Å². The Morgan fingerprint density at radius 2 is 2.04 bits per heavy atom. The minimum atomic E-state index is -3.76. The summed E-state index contributed by atoms with van der Waals surface area (Å²) >= 11 is 0. The third-order valence-electron chi connectivity index (χ3n) is 5.11. The fraction of sp³-hybridized carbons (Fsp3) is 0.300. The average molecular weight is 399 g/mol. The topological polar surface area (TPSA) is 101 Å². The van der Waals surface area contributed by atoms with Gasteiger partial charge in [-0.1, -0.05) is 12.1 Å². The van der Waals surface area contributed by atoms with E-state index >= 15 is 0 Å². The molecule has 8 heteroatoms. The van der Waals surface area contributed by atoms with Gasteiger partial charge in [0.1, 0.15) is 0 Å². The van der Waals surface area contributed by atoms with Crippen LogP contribution in [0.3, 0.4) is 0 Å². The van der Waals surface area contributed by atoms with Crippen LogP contribution in [0.2, 0.25) is 0 Å². The Morgan fingerprint density at radius 3 is 2.86 bits per heavy atom. The number of nitrogens with zero attached hydrogens (tertiary/aromatic N) is 2. The van der Waals surface area contributed by atoms with E-state index in [0.717, 1.165) is 28.6 Å². The van der Waals surface area contributed by atoms with Crippen LogP contribution >= 0.6 is 0 Å². The molecule has 3 aromatic rings. The van der Waals surface area contributed by atoms with E-state index in [4.69, 9.17) is 0 Å². The molecule has 1 aromatic heterocycles. The number of aryl methyl sites for hydroxylation is 2. The van der Waals surface area contributed by atoms with Crippen molar-refractivity contribution in [3.05, 3.63) is 59.4 Å². The first-order chi connectivity index (χ1) is 13.5. The number of aromatic nitrogens is 2. The predicted molar refractivity (Wildman–Crippen MR) is 105 cm³/mol. The summed E-state index contributed by atoms with van der Waals surface area (Å²) in [5.74, 6) is -1.11. The second-order valence-corrected chi connectivity index (χ2v) is 8.68. The summed E-state index contributed by atoms with van der Waals surface area (Å²) in [5, 5.41) is 9.29. The van der Waals surface area contributed by atoms with Gasteiger partial charge in [-0.2, -0.15) is 0 Å². The highest BCUT2D eigenvalue weighted by Crippen LogP contribution is 2.30. The van der Waals surface area contributed by atoms with Crippen molar-refractivity contribution in [3.63, 3.8) is 0 Å². The van der Waals surface area contributed by atoms with Crippen LogP contribution < -0.4 is 4.72 Å². The molecular formula is C20H21N3O4S. The number of benzene rings is 2. The zero-order chi connectivity index (χ0) is 19.7. The van der Waals surface area contributed by atoms with Crippen molar-refractivity contribution in [1.29, 1.82) is 0 Å². The number of para-hydroxylation sites is 2. The summed E-state index contributed by atoms with van der Waals surface area (Å²) in [6.07, 6.45) is 4.57. The van der Waals surface area contributed by atoms with Crippen molar-refractivity contribution in [1.82, 2.24) is 14.3 Å². The van der Waals surface area contributed by atoms with Gasteiger partial charge in [0, 0.05) is 13.1 Å². The molecule has 1 aliphatic rings. The molecule has 0 aliphatic heterocycles. The second-order valence-electron chi connectivity index (χ2n) is 6.95. The molecule has 146 valence electrons. The van der Waals surface area contributed by atoms with Crippen LogP contribution in [0.4, 0.5) is 0 Å². The molecule has 2 aromatic carbocycles. The van der Waals surface area contributed by atoms with Gasteiger partial charge in [0.2, 0.25) is 10.0 Å². The monoisotopic (exact) mass is 399 g/mol. The number of nitrogens with one attached hydrogen (secondary N) is 1. The van der Waals surface area contributed by atoms with Gasteiger partial charge < -0.3 is 9.67 Å². The van der Waals surface area contributed by atoms with Crippen molar-refractivity contribution in [2.45, 2.75) is 37.1 Å². The lowest BCUT2D eigenvalue weighted by atomic mass is 10.1. The molecule has 0 bridgehead atoms. The van der Waals surface area contributed by atoms with E-state index in [1.165, 1.54) is 6.07 Å². The molecule has 4 rings (SSSR count). The summed E-state index contributed by atoms with van der Waals surface area (Å²) in [5.41, 5.74) is 3.51. The van der Waals surface area contributed by atoms with Crippen LogP contribution in [0.5, 0.6) is 0 Å². The highest BCUT2D eigenvalue weighted by Gasteiger charge is 2.25. The molecule has 0 saturated heterocycles. The maximum absolute atomic E-state index is 12.8. The number of carboxylic acids is 1. The van der Waals surface area contributed by atoms with Gasteiger partial charge in [-0.05, 0) is 61.1 Å². The third kappa shape index (κ3) is 3.53. The van der Waals surface area contributed by atoms with Crippen LogP contribution in [0, 0.1) is 0 Å². The molecule has 0 radical (unpaired) electrons. The Hall–Kier alpha value is -2.71. The first-order valence-electron chi connectivity index (χ1n) is 9.24. The number of imidazole rings is 1. The number of fused-ring (bicyclic) bond motifs is 2. The van der Waals surface area contributed by atoms with E-state index in [1.807, 2.05) is 28.8 Å². The van der Waals surface area contributed by atoms with Crippen LogP contribution in [-0.2, 0) is 29.4 Å². The highest BCUT2D eigenvalue weighted by atomic mass is 32.2. The van der Waals surface area contributed by atoms with Crippen molar-refractivity contribution in [2.75, 3.05) is 6.54 Å². The van der Waals surface area contributed by atoms with Gasteiger partial charge >= 0.3 is 5.97 Å². The molecule has 0 amide bonds. The lowest BCUT2D eigenvalue weighted by Crippen LogP contribution is -2.27. The van der Waals surface area contributed by atoms with Crippen molar-refractivity contribution in [3.8, 4) is 0 Å². The number of carboxylic acid groups (broad SMARTS) is 1. The average Bonchev–Trinajstić information content (AvgIpc) is 3.31. The summed E-state index contributed by atoms with van der Waals surface area (Å²) < 4.78 is 30.3. The van der Waals surface area contributed by atoms with Gasteiger partial charge in [0.25, 0.3) is 0 Å². The summed E-state index contributed by atoms with van der Waals surface area (Å²) in [6, 6.07) is 10.7. The largest absolute Gasteiger partial charge is 0.478 e. The number of carbonyl (C=O) groups is 1. The molecule has 1 heterocycles. The first-order valence-corrected chi connectivity index (χ1v) is 10.7. The van der Waals surface area contributed by atoms with Gasteiger partial charge in [0.15, 0.2) is 0 Å². The predicted octanol–water partition coefficient (Wildman–Crippen LogP) is 2.59. The molecular weight excluding hydrogens is 378 g/mol. The van der Waals surface area contributed by atoms with E-state index in [2.05, 4.69) is 9.71 Å². The Morgan fingerprint density at radius 1 is 1.21 bits per heavy atom. The molecule has 7 nitrogen and oxygen atoms in total. The van der Waals surface area contributed by atoms with Crippen molar-refractivity contribution in [2.24, 2.45) is 0 Å². The van der Waals surface area contributed by atoms with Crippen LogP contribution in [-0.4, -0.2) is 35.6 Å². The maximum atomic E-state index is 12.8. The van der Waals surface area contributed by atoms with E-state index in [0.29, 0.717) is 25.8 Å². The van der Waals surface area contributed by atoms with E-state index in [9.17, 15) is 18.3 Å². The van der Waals surface area contributed by atoms with Gasteiger partial charge in [-0.25, -0.2) is 22.9 Å². The summed E-state index contributed by atoms with van der Waals surface area (Å²) in [6.45, 7) is 0.900. The number of rotatable bonds is 7. The molecule has 0 unspecified atom stereocenters. The van der Waals surface area contributed by atoms with E-state index < -0.39 is 16.0 Å². The zero-order valence-electron chi connectivity index (χ0n) is 15.3. The zero-order valence-corrected chi connectivity index (χ0v) is 16.1. The SMILES string of the molecule is O=C(O)c1cc2c(c(S(=O)(=O)NCCCn3cnc4ccccc43)c1)CCC2. The van der Waals surface area contributed by atoms with Gasteiger partial charge in [-0.3, -0.25) is 0 Å². The number of aromatic carboxylic acids is 1. The molecule has 0 atom stereocenters. The molecule has 0 fully saturated rings. The van der Waals surface area contributed by atoms with Crippen LogP contribution in [0.15, 0.2) is 47.6 Å². The van der Waals surface area contributed by atoms with E-state index in [-0.39, 0.29) is 17.0 Å². The lowest BCUT2D eigenvalue weighted by molar-refractivity contribution is 0.0696. The fourth-order valence-electron chi connectivity index (χ4n) is 3.75. The Labute approximate surface area is 163 Å². The molecule has 28 heavy (non-hydrogen) atoms. The molecule has 2 N–H and O–H groups in total. The Balaban J connectivity index is 1.47. The normalized spacial score (nSPS) is 13.7. The molecule has 0 saturated carbocycles. The summed E-state index contributed by atoms with van der Waals surface area (Å²) in [7, 11) is -3.76. The number of hydrogen-bond donors (Lipinski definition) is 2. The Kier molecular flexibility index (Phi) is 4.91. The maximum Gasteiger partial charge on any atom is 0.335 e.